The normalized spacial score (nSPS) is 15.2. The van der Waals surface area contributed by atoms with Crippen molar-refractivity contribution in [2.24, 2.45) is 0 Å². The van der Waals surface area contributed by atoms with Crippen LogP contribution in [0.25, 0.3) is 55.2 Å². The molecular formula is C28H20N2O. The summed E-state index contributed by atoms with van der Waals surface area (Å²) in [6.07, 6.45) is 1.41. The van der Waals surface area contributed by atoms with Gasteiger partial charge in [0.15, 0.2) is 0 Å². The largest absolute Gasteiger partial charge is 0.437 e. The maximum absolute atomic E-state index is 8.14. The van der Waals surface area contributed by atoms with E-state index in [0.717, 1.165) is 21.7 Å². The van der Waals surface area contributed by atoms with Crippen molar-refractivity contribution in [3.8, 4) is 22.4 Å². The van der Waals surface area contributed by atoms with E-state index in [-0.39, 0.29) is 17.0 Å². The quantitative estimate of drug-likeness (QED) is 0.299. The standard InChI is InChI=1S/C28H20N2O/c1-17-16-29-26(15-25(17)21-10-5-8-19-7-3-4-9-20(19)21)24-12-6-11-22-23-14-13-18(2)30-28(23)31-27(22)24/h3-16H,1-2H3/i1D3,2D3. The maximum atomic E-state index is 8.14. The first-order valence-electron chi connectivity index (χ1n) is 12.9. The van der Waals surface area contributed by atoms with Crippen molar-refractivity contribution < 1.29 is 12.6 Å². The lowest BCUT2D eigenvalue weighted by Crippen LogP contribution is -1.91. The van der Waals surface area contributed by atoms with E-state index < -0.39 is 13.7 Å². The number of nitrogens with zero attached hydrogens (tertiary/aromatic N) is 2. The van der Waals surface area contributed by atoms with Crippen molar-refractivity contribution in [2.45, 2.75) is 13.7 Å². The SMILES string of the molecule is [2H]C([2H])([2H])c1ccc2c(n1)oc1c(-c3cc(-c4cccc5ccccc45)c(C([2H])([2H])[2H])cn3)cccc12. The molecule has 0 aliphatic heterocycles. The summed E-state index contributed by atoms with van der Waals surface area (Å²) in [5.74, 6) is 0. The van der Waals surface area contributed by atoms with Crippen molar-refractivity contribution >= 4 is 32.8 Å². The van der Waals surface area contributed by atoms with Crippen LogP contribution in [0.3, 0.4) is 0 Å². The summed E-state index contributed by atoms with van der Waals surface area (Å²) in [5, 5.41) is 3.41. The van der Waals surface area contributed by atoms with Gasteiger partial charge in [0.25, 0.3) is 0 Å². The van der Waals surface area contributed by atoms with Crippen LogP contribution in [0.15, 0.2) is 89.5 Å². The van der Waals surface area contributed by atoms with Gasteiger partial charge in [-0.05, 0) is 65.4 Å². The number of rotatable bonds is 2. The number of fused-ring (bicyclic) bond motifs is 4. The Bertz CT molecular complexity index is 1810. The minimum absolute atomic E-state index is 0.0426. The molecule has 0 fully saturated rings. The van der Waals surface area contributed by atoms with Crippen LogP contribution in [0.5, 0.6) is 0 Å². The topological polar surface area (TPSA) is 38.9 Å². The fraction of sp³-hybridized carbons (Fsp3) is 0.0714. The lowest BCUT2D eigenvalue weighted by atomic mass is 9.94. The molecule has 0 spiro atoms. The Morgan fingerprint density at radius 1 is 0.742 bits per heavy atom. The Hall–Kier alpha value is -3.98. The molecule has 0 radical (unpaired) electrons. The molecule has 0 N–H and O–H groups in total. The van der Waals surface area contributed by atoms with Gasteiger partial charge in [0.05, 0.1) is 5.69 Å². The van der Waals surface area contributed by atoms with E-state index in [1.165, 1.54) is 12.3 Å². The Morgan fingerprint density at radius 2 is 1.58 bits per heavy atom. The molecule has 31 heavy (non-hydrogen) atoms. The highest BCUT2D eigenvalue weighted by Gasteiger charge is 2.15. The third kappa shape index (κ3) is 2.82. The molecule has 0 unspecified atom stereocenters. The number of aryl methyl sites for hydroxylation is 2. The third-order valence-corrected chi connectivity index (χ3v) is 5.62. The smallest absolute Gasteiger partial charge is 0.227 e. The first kappa shape index (κ1) is 12.7. The highest BCUT2D eigenvalue weighted by atomic mass is 16.3. The van der Waals surface area contributed by atoms with Crippen LogP contribution in [-0.2, 0) is 0 Å². The van der Waals surface area contributed by atoms with Gasteiger partial charge in [0, 0.05) is 36.5 Å². The van der Waals surface area contributed by atoms with E-state index in [0.29, 0.717) is 27.8 Å². The van der Waals surface area contributed by atoms with Gasteiger partial charge in [0.2, 0.25) is 5.71 Å². The maximum Gasteiger partial charge on any atom is 0.227 e. The molecule has 3 aromatic carbocycles. The summed E-state index contributed by atoms with van der Waals surface area (Å²) in [4.78, 5) is 8.77. The van der Waals surface area contributed by atoms with Crippen LogP contribution in [-0.4, -0.2) is 9.97 Å². The number of hydrogen-bond acceptors (Lipinski definition) is 3. The highest BCUT2D eigenvalue weighted by molar-refractivity contribution is 6.08. The van der Waals surface area contributed by atoms with Crippen molar-refractivity contribution in [1.82, 2.24) is 9.97 Å². The van der Waals surface area contributed by atoms with E-state index in [2.05, 4.69) is 9.97 Å². The molecular weight excluding hydrogens is 380 g/mol. The second kappa shape index (κ2) is 6.78. The summed E-state index contributed by atoms with van der Waals surface area (Å²) < 4.78 is 53.5. The Kier molecular flexibility index (Phi) is 2.77. The molecule has 0 saturated heterocycles. The van der Waals surface area contributed by atoms with Crippen LogP contribution in [0.4, 0.5) is 0 Å². The summed E-state index contributed by atoms with van der Waals surface area (Å²) >= 11 is 0. The first-order chi connectivity index (χ1) is 17.6. The van der Waals surface area contributed by atoms with Crippen LogP contribution in [0, 0.1) is 13.7 Å². The Labute approximate surface area is 188 Å². The molecule has 3 aromatic heterocycles. The monoisotopic (exact) mass is 406 g/mol. The number of para-hydroxylation sites is 1. The van der Waals surface area contributed by atoms with Crippen LogP contribution >= 0.6 is 0 Å². The lowest BCUT2D eigenvalue weighted by molar-refractivity contribution is 0.653. The Morgan fingerprint density at radius 3 is 2.52 bits per heavy atom. The number of hydrogen-bond donors (Lipinski definition) is 0. The van der Waals surface area contributed by atoms with Gasteiger partial charge in [-0.3, -0.25) is 4.98 Å². The predicted molar refractivity (Wildman–Crippen MR) is 127 cm³/mol. The minimum atomic E-state index is -2.36. The van der Waals surface area contributed by atoms with Gasteiger partial charge >= 0.3 is 0 Å². The van der Waals surface area contributed by atoms with E-state index in [4.69, 9.17) is 12.6 Å². The highest BCUT2D eigenvalue weighted by Crippen LogP contribution is 2.37. The van der Waals surface area contributed by atoms with Gasteiger partial charge in [-0.1, -0.05) is 54.6 Å². The third-order valence-electron chi connectivity index (χ3n) is 5.62. The molecule has 0 aliphatic rings. The molecule has 3 heteroatoms. The van der Waals surface area contributed by atoms with Gasteiger partial charge in [-0.2, -0.15) is 0 Å². The number of aromatic nitrogens is 2. The van der Waals surface area contributed by atoms with E-state index in [1.807, 2.05) is 60.7 Å². The fourth-order valence-electron chi connectivity index (χ4n) is 4.17. The van der Waals surface area contributed by atoms with Crippen LogP contribution in [0.2, 0.25) is 0 Å². The van der Waals surface area contributed by atoms with Gasteiger partial charge in [-0.25, -0.2) is 4.98 Å². The van der Waals surface area contributed by atoms with Crippen molar-refractivity contribution in [1.29, 1.82) is 0 Å². The molecule has 6 aromatic rings. The second-order valence-corrected chi connectivity index (χ2v) is 7.48. The van der Waals surface area contributed by atoms with Gasteiger partial charge < -0.3 is 4.42 Å². The lowest BCUT2D eigenvalue weighted by Gasteiger charge is -2.12. The molecule has 148 valence electrons. The predicted octanol–water partition coefficient (Wildman–Crippen LogP) is 7.48. The van der Waals surface area contributed by atoms with Gasteiger partial charge in [-0.15, -0.1) is 0 Å². The zero-order valence-electron chi connectivity index (χ0n) is 22.4. The summed E-state index contributed by atoms with van der Waals surface area (Å²) in [6.45, 7) is -4.71. The minimum Gasteiger partial charge on any atom is -0.437 e. The zero-order valence-corrected chi connectivity index (χ0v) is 16.4. The van der Waals surface area contributed by atoms with Crippen LogP contribution < -0.4 is 0 Å². The molecule has 3 heterocycles. The molecule has 3 nitrogen and oxygen atoms in total. The molecule has 6 rings (SSSR count). The molecule has 0 aliphatic carbocycles. The van der Waals surface area contributed by atoms with Crippen molar-refractivity contribution in [2.75, 3.05) is 0 Å². The fourth-order valence-corrected chi connectivity index (χ4v) is 4.17. The average molecular weight is 407 g/mol. The van der Waals surface area contributed by atoms with E-state index >= 15 is 0 Å². The second-order valence-electron chi connectivity index (χ2n) is 7.48. The van der Waals surface area contributed by atoms with E-state index in [1.54, 1.807) is 12.1 Å². The summed E-state index contributed by atoms with van der Waals surface area (Å²) in [5.41, 5.74) is 3.41. The average Bonchev–Trinajstić information content (AvgIpc) is 3.25. The molecule has 0 bridgehead atoms. The molecule has 0 amide bonds. The zero-order chi connectivity index (χ0) is 25.9. The number of furan rings is 1. The first-order valence-corrected chi connectivity index (χ1v) is 9.93. The van der Waals surface area contributed by atoms with Crippen LogP contribution in [0.1, 0.15) is 19.5 Å². The molecule has 0 saturated carbocycles. The van der Waals surface area contributed by atoms with Gasteiger partial charge in [0.1, 0.15) is 5.58 Å². The summed E-state index contributed by atoms with van der Waals surface area (Å²) in [6, 6.07) is 24.2. The Balaban J connectivity index is 1.60. The van der Waals surface area contributed by atoms with Crippen molar-refractivity contribution in [3.05, 3.63) is 96.3 Å². The van der Waals surface area contributed by atoms with Crippen molar-refractivity contribution in [3.63, 3.8) is 0 Å². The molecule has 0 atom stereocenters. The van der Waals surface area contributed by atoms with E-state index in [9.17, 15) is 0 Å². The summed E-state index contributed by atoms with van der Waals surface area (Å²) in [7, 11) is 0. The number of pyridine rings is 2. The number of benzene rings is 3.